The van der Waals surface area contributed by atoms with E-state index in [0.29, 0.717) is 30.1 Å². The summed E-state index contributed by atoms with van der Waals surface area (Å²) in [6.45, 7) is 7.02. The Kier molecular flexibility index (Phi) is 7.09. The number of esters is 2. The van der Waals surface area contributed by atoms with Crippen LogP contribution in [-0.4, -0.2) is 42.3 Å². The molecule has 0 heterocycles. The van der Waals surface area contributed by atoms with Gasteiger partial charge in [0.1, 0.15) is 0 Å². The second-order valence-corrected chi connectivity index (χ2v) is 12.0. The lowest BCUT2D eigenvalue weighted by Crippen LogP contribution is -2.58. The molecule has 0 aromatic heterocycles. The Hall–Kier alpha value is -1.24. The zero-order valence-electron chi connectivity index (χ0n) is 21.2. The van der Waals surface area contributed by atoms with Gasteiger partial charge in [-0.3, -0.25) is 9.59 Å². The molecule has 4 rings (SSSR count). The van der Waals surface area contributed by atoms with E-state index in [9.17, 15) is 23.5 Å². The number of ether oxygens (including phenoxy) is 2. The SMILES string of the molecule is CCOC(=O)C(C(=O)OCC)(C(F)F)[C@H]1CC[C@H]2[C@@H]3CC[C@@H]4C[C@](C)(O)CC[C@@H]4[C@H]3CC[C@]12C. The van der Waals surface area contributed by atoms with Crippen LogP contribution < -0.4 is 0 Å². The summed E-state index contributed by atoms with van der Waals surface area (Å²) >= 11 is 0. The van der Waals surface area contributed by atoms with Crippen LogP contribution in [0.4, 0.5) is 8.78 Å². The lowest BCUT2D eigenvalue weighted by atomic mass is 9.47. The molecule has 4 saturated carbocycles. The molecule has 194 valence electrons. The van der Waals surface area contributed by atoms with Gasteiger partial charge in [-0.2, -0.15) is 0 Å². The second kappa shape index (κ2) is 9.33. The molecule has 0 amide bonds. The van der Waals surface area contributed by atoms with Crippen LogP contribution in [0.5, 0.6) is 0 Å². The molecule has 4 aliphatic rings. The summed E-state index contributed by atoms with van der Waals surface area (Å²) in [5, 5.41) is 10.6. The number of hydrogen-bond donors (Lipinski definition) is 1. The molecule has 0 radical (unpaired) electrons. The lowest BCUT2D eigenvalue weighted by Gasteiger charge is -2.57. The minimum absolute atomic E-state index is 0.0584. The normalized spacial score (nSPS) is 41.9. The fraction of sp³-hybridized carbons (Fsp3) is 0.926. The van der Waals surface area contributed by atoms with E-state index in [-0.39, 0.29) is 19.1 Å². The highest BCUT2D eigenvalue weighted by atomic mass is 19.3. The van der Waals surface area contributed by atoms with Crippen LogP contribution in [0.2, 0.25) is 0 Å². The first-order valence-corrected chi connectivity index (χ1v) is 13.4. The quantitative estimate of drug-likeness (QED) is 0.405. The standard InChI is InChI=1S/C27H42F2O5/c1-5-33-23(30)27(22(28)29,24(31)34-6-2)21-10-9-20-19-8-7-16-15-25(3,32)13-11-17(16)18(19)12-14-26(20,21)4/h16-22,32H,5-15H2,1-4H3/t16-,17+,18-,19-,20+,21+,25-,26+/m1/s1. The van der Waals surface area contributed by atoms with E-state index in [1.165, 1.54) is 0 Å². The summed E-state index contributed by atoms with van der Waals surface area (Å²) in [6, 6.07) is 0. The van der Waals surface area contributed by atoms with E-state index in [1.807, 2.05) is 13.8 Å². The van der Waals surface area contributed by atoms with Crippen molar-refractivity contribution in [3.05, 3.63) is 0 Å². The zero-order chi connectivity index (χ0) is 24.9. The summed E-state index contributed by atoms with van der Waals surface area (Å²) < 4.78 is 40.0. The number of rotatable bonds is 6. The highest BCUT2D eigenvalue weighted by Crippen LogP contribution is 2.68. The summed E-state index contributed by atoms with van der Waals surface area (Å²) in [4.78, 5) is 26.3. The van der Waals surface area contributed by atoms with Crippen LogP contribution >= 0.6 is 0 Å². The molecular formula is C27H42F2O5. The van der Waals surface area contributed by atoms with E-state index in [0.717, 1.165) is 51.4 Å². The van der Waals surface area contributed by atoms with Gasteiger partial charge in [0, 0.05) is 0 Å². The molecule has 1 N–H and O–H groups in total. The molecule has 7 heteroatoms. The molecule has 0 spiro atoms. The molecule has 4 fully saturated rings. The van der Waals surface area contributed by atoms with Crippen molar-refractivity contribution in [1.82, 2.24) is 0 Å². The minimum atomic E-state index is -3.18. The summed E-state index contributed by atoms with van der Waals surface area (Å²) in [5.41, 5.74) is -3.68. The molecule has 34 heavy (non-hydrogen) atoms. The molecule has 0 saturated heterocycles. The molecule has 5 nitrogen and oxygen atoms in total. The van der Waals surface area contributed by atoms with Gasteiger partial charge in [0.05, 0.1) is 18.8 Å². The third-order valence-electron chi connectivity index (χ3n) is 10.4. The van der Waals surface area contributed by atoms with Gasteiger partial charge in [-0.25, -0.2) is 8.78 Å². The molecule has 0 aromatic carbocycles. The van der Waals surface area contributed by atoms with Gasteiger partial charge in [-0.15, -0.1) is 0 Å². The van der Waals surface area contributed by atoms with Crippen molar-refractivity contribution in [3.63, 3.8) is 0 Å². The number of alkyl halides is 2. The molecule has 8 atom stereocenters. The van der Waals surface area contributed by atoms with Crippen molar-refractivity contribution in [2.24, 2.45) is 46.3 Å². The van der Waals surface area contributed by atoms with Gasteiger partial charge in [0.15, 0.2) is 0 Å². The van der Waals surface area contributed by atoms with E-state index in [1.54, 1.807) is 13.8 Å². The third kappa shape index (κ3) is 3.88. The van der Waals surface area contributed by atoms with Gasteiger partial charge >= 0.3 is 11.9 Å². The number of fused-ring (bicyclic) bond motifs is 5. The Morgan fingerprint density at radius 2 is 1.53 bits per heavy atom. The minimum Gasteiger partial charge on any atom is -0.465 e. The number of halogens is 2. The van der Waals surface area contributed by atoms with E-state index < -0.39 is 40.7 Å². The number of hydrogen-bond acceptors (Lipinski definition) is 5. The molecule has 0 unspecified atom stereocenters. The Balaban J connectivity index is 1.65. The monoisotopic (exact) mass is 484 g/mol. The Morgan fingerprint density at radius 3 is 2.12 bits per heavy atom. The van der Waals surface area contributed by atoms with Crippen molar-refractivity contribution in [2.75, 3.05) is 13.2 Å². The van der Waals surface area contributed by atoms with Crippen molar-refractivity contribution in [3.8, 4) is 0 Å². The van der Waals surface area contributed by atoms with Crippen LogP contribution in [0.1, 0.15) is 85.5 Å². The summed E-state index contributed by atoms with van der Waals surface area (Å²) in [5.74, 6) is -0.768. The van der Waals surface area contributed by atoms with Crippen molar-refractivity contribution < 1.29 is 33.0 Å². The fourth-order valence-corrected chi connectivity index (χ4v) is 9.03. The maximum atomic E-state index is 14.9. The maximum Gasteiger partial charge on any atom is 0.329 e. The lowest BCUT2D eigenvalue weighted by molar-refractivity contribution is -0.200. The zero-order valence-corrected chi connectivity index (χ0v) is 21.2. The Morgan fingerprint density at radius 1 is 0.912 bits per heavy atom. The maximum absolute atomic E-state index is 14.9. The van der Waals surface area contributed by atoms with Gasteiger partial charge < -0.3 is 14.6 Å². The van der Waals surface area contributed by atoms with Gasteiger partial charge in [0.2, 0.25) is 5.41 Å². The van der Waals surface area contributed by atoms with Crippen LogP contribution in [0.3, 0.4) is 0 Å². The topological polar surface area (TPSA) is 72.8 Å². The van der Waals surface area contributed by atoms with Gasteiger partial charge in [-0.1, -0.05) is 6.92 Å². The molecule has 0 bridgehead atoms. The molecule has 4 aliphatic carbocycles. The number of aliphatic hydroxyl groups is 1. The average molecular weight is 485 g/mol. The smallest absolute Gasteiger partial charge is 0.329 e. The van der Waals surface area contributed by atoms with E-state index in [2.05, 4.69) is 0 Å². The number of carbonyl (C=O) groups is 2. The van der Waals surface area contributed by atoms with Crippen LogP contribution in [-0.2, 0) is 19.1 Å². The van der Waals surface area contributed by atoms with Gasteiger partial charge in [-0.05, 0) is 119 Å². The van der Waals surface area contributed by atoms with E-state index in [4.69, 9.17) is 9.47 Å². The van der Waals surface area contributed by atoms with Crippen LogP contribution in [0, 0.1) is 46.3 Å². The second-order valence-electron chi connectivity index (χ2n) is 12.0. The number of carbonyl (C=O) groups excluding carboxylic acids is 2. The highest BCUT2D eigenvalue weighted by molar-refractivity contribution is 6.01. The van der Waals surface area contributed by atoms with E-state index >= 15 is 0 Å². The first-order chi connectivity index (χ1) is 16.0. The van der Waals surface area contributed by atoms with Crippen molar-refractivity contribution in [2.45, 2.75) is 97.5 Å². The fourth-order valence-electron chi connectivity index (χ4n) is 9.03. The van der Waals surface area contributed by atoms with Crippen molar-refractivity contribution >= 4 is 11.9 Å². The summed E-state index contributed by atoms with van der Waals surface area (Å²) in [7, 11) is 0. The Bertz CT molecular complexity index is 765. The highest BCUT2D eigenvalue weighted by Gasteiger charge is 2.70. The molecule has 0 aliphatic heterocycles. The predicted octanol–water partition coefficient (Wildman–Crippen LogP) is 5.38. The first kappa shape index (κ1) is 25.8. The predicted molar refractivity (Wildman–Crippen MR) is 123 cm³/mol. The average Bonchev–Trinajstić information content (AvgIpc) is 3.11. The molecule has 0 aromatic rings. The Labute approximate surface area is 202 Å². The summed E-state index contributed by atoms with van der Waals surface area (Å²) in [6.07, 6.45) is 4.45. The third-order valence-corrected chi connectivity index (χ3v) is 10.4. The van der Waals surface area contributed by atoms with Crippen LogP contribution in [0.25, 0.3) is 0 Å². The first-order valence-electron chi connectivity index (χ1n) is 13.4. The van der Waals surface area contributed by atoms with Crippen molar-refractivity contribution in [1.29, 1.82) is 0 Å². The van der Waals surface area contributed by atoms with Gasteiger partial charge in [0.25, 0.3) is 6.43 Å². The molecular weight excluding hydrogens is 442 g/mol. The van der Waals surface area contributed by atoms with Crippen LogP contribution in [0.15, 0.2) is 0 Å². The largest absolute Gasteiger partial charge is 0.465 e.